The normalized spacial score (nSPS) is 15.0. The fourth-order valence-electron chi connectivity index (χ4n) is 5.58. The number of likely N-dealkylation sites (tertiary alicyclic amines) is 1. The van der Waals surface area contributed by atoms with E-state index in [1.165, 1.54) is 18.2 Å². The van der Waals surface area contributed by atoms with Gasteiger partial charge in [-0.3, -0.25) is 15.0 Å². The monoisotopic (exact) mass is 634 g/mol. The lowest BCUT2D eigenvalue weighted by Gasteiger charge is -2.31. The number of carbonyl (C=O) groups excluding carboxylic acids is 1. The molecule has 0 spiro atoms. The van der Waals surface area contributed by atoms with Gasteiger partial charge in [-0.05, 0) is 80.9 Å². The Balaban J connectivity index is 1.66. The van der Waals surface area contributed by atoms with Crippen molar-refractivity contribution in [2.75, 3.05) is 26.0 Å². The highest BCUT2D eigenvalue weighted by molar-refractivity contribution is 7.99. The van der Waals surface area contributed by atoms with Crippen molar-refractivity contribution in [3.63, 3.8) is 0 Å². The summed E-state index contributed by atoms with van der Waals surface area (Å²) >= 11 is 1.92. The number of benzene rings is 2. The molecule has 230 valence electrons. The highest BCUT2D eigenvalue weighted by atomic mass is 32.2. The van der Waals surface area contributed by atoms with E-state index in [0.29, 0.717) is 16.5 Å². The Bertz CT molecular complexity index is 1810. The van der Waals surface area contributed by atoms with Gasteiger partial charge >= 0.3 is 5.97 Å². The summed E-state index contributed by atoms with van der Waals surface area (Å²) in [5, 5.41) is 13.0. The highest BCUT2D eigenvalue weighted by Gasteiger charge is 2.30. The van der Waals surface area contributed by atoms with Gasteiger partial charge in [0.25, 0.3) is 15.7 Å². The van der Waals surface area contributed by atoms with Gasteiger partial charge in [0, 0.05) is 23.3 Å². The quantitative estimate of drug-likeness (QED) is 0.0875. The number of carbonyl (C=O) groups is 1. The molecule has 0 bridgehead atoms. The third kappa shape index (κ3) is 6.42. The topological polar surface area (TPSA) is 125 Å². The van der Waals surface area contributed by atoms with Crippen molar-refractivity contribution in [2.24, 2.45) is 0 Å². The first-order valence-electron chi connectivity index (χ1n) is 14.3. The number of esters is 1. The average molecular weight is 635 g/mol. The Morgan fingerprint density at radius 3 is 2.43 bits per heavy atom. The van der Waals surface area contributed by atoms with E-state index in [2.05, 4.69) is 16.1 Å². The third-order valence-electron chi connectivity index (χ3n) is 7.78. The number of thioether (sulfide) groups is 1. The van der Waals surface area contributed by atoms with Gasteiger partial charge in [0.1, 0.15) is 6.20 Å². The number of nitro groups is 1. The Morgan fingerprint density at radius 2 is 1.82 bits per heavy atom. The predicted octanol–water partition coefficient (Wildman–Crippen LogP) is 6.14. The molecule has 0 unspecified atom stereocenters. The van der Waals surface area contributed by atoms with Crippen LogP contribution in [0.1, 0.15) is 37.8 Å². The standard InChI is InChI=1S/C32H34N4O6S2/c1-4-42-30(37)18-22(2)31-27-19-28(24-12-10-23(11-13-24)21-34-16-14-25(43-3)15-17-34)35(32(27)33-20-29(31)36(38)39)44(40,41)26-8-6-5-7-9-26/h5-13,18-20,25H,4,14-17,21H2,1-3H3/b22-18+. The van der Waals surface area contributed by atoms with Crippen molar-refractivity contribution in [2.45, 2.75) is 43.4 Å². The second kappa shape index (κ2) is 13.3. The molecule has 5 rings (SSSR count). The number of piperidine rings is 1. The van der Waals surface area contributed by atoms with Crippen LogP contribution < -0.4 is 0 Å². The number of aromatic nitrogens is 2. The first kappa shape index (κ1) is 31.4. The molecular weight excluding hydrogens is 601 g/mol. The van der Waals surface area contributed by atoms with Gasteiger partial charge in [-0.15, -0.1) is 0 Å². The van der Waals surface area contributed by atoms with Gasteiger partial charge in [-0.25, -0.2) is 22.2 Å². The van der Waals surface area contributed by atoms with E-state index in [-0.39, 0.29) is 39.4 Å². The number of nitrogens with zero attached hydrogens (tertiary/aromatic N) is 4. The number of allylic oxidation sites excluding steroid dienone is 1. The van der Waals surface area contributed by atoms with E-state index < -0.39 is 20.9 Å². The Morgan fingerprint density at radius 1 is 1.14 bits per heavy atom. The lowest BCUT2D eigenvalue weighted by molar-refractivity contribution is -0.385. The second-order valence-corrected chi connectivity index (χ2v) is 13.5. The van der Waals surface area contributed by atoms with E-state index >= 15 is 0 Å². The van der Waals surface area contributed by atoms with Crippen LogP contribution in [-0.4, -0.2) is 64.4 Å². The zero-order chi connectivity index (χ0) is 31.4. The lowest BCUT2D eigenvalue weighted by atomic mass is 10.0. The number of ether oxygens (including phenoxy) is 1. The lowest BCUT2D eigenvalue weighted by Crippen LogP contribution is -2.34. The molecule has 0 atom stereocenters. The van der Waals surface area contributed by atoms with Crippen molar-refractivity contribution in [3.05, 3.63) is 94.2 Å². The van der Waals surface area contributed by atoms with Gasteiger partial charge in [-0.1, -0.05) is 42.5 Å². The molecule has 44 heavy (non-hydrogen) atoms. The zero-order valence-electron chi connectivity index (χ0n) is 24.8. The van der Waals surface area contributed by atoms with E-state index in [9.17, 15) is 23.3 Å². The summed E-state index contributed by atoms with van der Waals surface area (Å²) in [5.74, 6) is -0.658. The smallest absolute Gasteiger partial charge is 0.331 e. The number of hydrogen-bond donors (Lipinski definition) is 0. The van der Waals surface area contributed by atoms with Crippen molar-refractivity contribution >= 4 is 50.0 Å². The van der Waals surface area contributed by atoms with Gasteiger partial charge in [0.2, 0.25) is 0 Å². The summed E-state index contributed by atoms with van der Waals surface area (Å²) in [4.78, 5) is 30.6. The molecule has 3 heterocycles. The number of hydrogen-bond acceptors (Lipinski definition) is 9. The minimum absolute atomic E-state index is 0.0156. The molecule has 2 aromatic heterocycles. The van der Waals surface area contributed by atoms with Crippen LogP contribution in [0.25, 0.3) is 27.9 Å². The van der Waals surface area contributed by atoms with E-state index in [1.807, 2.05) is 36.0 Å². The second-order valence-electron chi connectivity index (χ2n) is 10.6. The molecule has 0 saturated carbocycles. The summed E-state index contributed by atoms with van der Waals surface area (Å²) in [7, 11) is -4.19. The van der Waals surface area contributed by atoms with Crippen LogP contribution >= 0.6 is 11.8 Å². The van der Waals surface area contributed by atoms with Crippen LogP contribution in [-0.2, 0) is 26.1 Å². The van der Waals surface area contributed by atoms with E-state index in [0.717, 1.165) is 48.2 Å². The Kier molecular flexibility index (Phi) is 9.52. The van der Waals surface area contributed by atoms with Gasteiger partial charge in [0.05, 0.1) is 27.7 Å². The van der Waals surface area contributed by atoms with Crippen LogP contribution in [0.15, 0.2) is 77.8 Å². The molecule has 0 N–H and O–H groups in total. The molecule has 2 aromatic carbocycles. The molecule has 1 aliphatic heterocycles. The maximum atomic E-state index is 14.1. The molecule has 0 radical (unpaired) electrons. The first-order valence-corrected chi connectivity index (χ1v) is 17.1. The fourth-order valence-corrected chi connectivity index (χ4v) is 7.77. The van der Waals surface area contributed by atoms with Crippen molar-refractivity contribution in [1.29, 1.82) is 0 Å². The summed E-state index contributed by atoms with van der Waals surface area (Å²) < 4.78 is 34.4. The van der Waals surface area contributed by atoms with Gasteiger partial charge in [-0.2, -0.15) is 11.8 Å². The minimum Gasteiger partial charge on any atom is -0.463 e. The molecule has 4 aromatic rings. The minimum atomic E-state index is -4.19. The zero-order valence-corrected chi connectivity index (χ0v) is 26.4. The largest absolute Gasteiger partial charge is 0.463 e. The van der Waals surface area contributed by atoms with Crippen molar-refractivity contribution in [3.8, 4) is 11.3 Å². The average Bonchev–Trinajstić information content (AvgIpc) is 3.42. The Labute approximate surface area is 260 Å². The molecule has 1 aliphatic rings. The van der Waals surface area contributed by atoms with Crippen LogP contribution in [0.5, 0.6) is 0 Å². The summed E-state index contributed by atoms with van der Waals surface area (Å²) in [6, 6.07) is 17.3. The molecule has 10 nitrogen and oxygen atoms in total. The van der Waals surface area contributed by atoms with E-state index in [1.54, 1.807) is 38.1 Å². The number of fused-ring (bicyclic) bond motifs is 1. The summed E-state index contributed by atoms with van der Waals surface area (Å²) in [5.41, 5.74) is 2.03. The van der Waals surface area contributed by atoms with Crippen LogP contribution in [0.4, 0.5) is 5.69 Å². The van der Waals surface area contributed by atoms with Gasteiger partial charge in [0.15, 0.2) is 5.65 Å². The van der Waals surface area contributed by atoms with Crippen molar-refractivity contribution in [1.82, 2.24) is 13.9 Å². The number of pyridine rings is 1. The molecule has 12 heteroatoms. The molecule has 1 fully saturated rings. The van der Waals surface area contributed by atoms with Gasteiger partial charge < -0.3 is 4.74 Å². The summed E-state index contributed by atoms with van der Waals surface area (Å²) in [6.07, 6.45) is 6.67. The summed E-state index contributed by atoms with van der Waals surface area (Å²) in [6.45, 7) is 6.21. The highest BCUT2D eigenvalue weighted by Crippen LogP contribution is 2.39. The first-order chi connectivity index (χ1) is 21.1. The molecule has 1 saturated heterocycles. The van der Waals surface area contributed by atoms with Crippen LogP contribution in [0, 0.1) is 10.1 Å². The van der Waals surface area contributed by atoms with Crippen molar-refractivity contribution < 1.29 is 22.9 Å². The fraction of sp³-hybridized carbons (Fsp3) is 0.312. The SMILES string of the molecule is CCOC(=O)/C=C(\C)c1c([N+](=O)[O-])cnc2c1cc(-c1ccc(CN3CCC(SC)CC3)cc1)n2S(=O)(=O)c1ccccc1. The predicted molar refractivity (Wildman–Crippen MR) is 173 cm³/mol. The Hall–Kier alpha value is -4.00. The van der Waals surface area contributed by atoms with E-state index in [4.69, 9.17) is 4.74 Å². The molecular formula is C32H34N4O6S2. The van der Waals surface area contributed by atoms with Crippen LogP contribution in [0.3, 0.4) is 0 Å². The van der Waals surface area contributed by atoms with Crippen LogP contribution in [0.2, 0.25) is 0 Å². The maximum Gasteiger partial charge on any atom is 0.331 e. The third-order valence-corrected chi connectivity index (χ3v) is 10.6. The maximum absolute atomic E-state index is 14.1. The number of rotatable bonds is 10. The molecule has 0 amide bonds. The molecule has 0 aliphatic carbocycles.